The van der Waals surface area contributed by atoms with Crippen molar-refractivity contribution in [3.63, 3.8) is 0 Å². The summed E-state index contributed by atoms with van der Waals surface area (Å²) in [6, 6.07) is 14.0. The maximum atomic E-state index is 13.4. The van der Waals surface area contributed by atoms with Crippen molar-refractivity contribution in [1.29, 1.82) is 0 Å². The fourth-order valence-corrected chi connectivity index (χ4v) is 4.59. The van der Waals surface area contributed by atoms with Crippen LogP contribution in [0.25, 0.3) is 0 Å². The quantitative estimate of drug-likeness (QED) is 0.587. The van der Waals surface area contributed by atoms with Crippen molar-refractivity contribution in [2.45, 2.75) is 25.9 Å². The van der Waals surface area contributed by atoms with E-state index in [1.54, 1.807) is 17.0 Å². The second-order valence-electron chi connectivity index (χ2n) is 8.83. The molecule has 0 bridgehead atoms. The average molecular weight is 476 g/mol. The van der Waals surface area contributed by atoms with Crippen LogP contribution in [0.2, 0.25) is 0 Å². The van der Waals surface area contributed by atoms with Crippen LogP contribution in [-0.2, 0) is 17.8 Å². The molecule has 180 valence electrons. The van der Waals surface area contributed by atoms with Crippen molar-refractivity contribution in [3.05, 3.63) is 77.2 Å². The lowest BCUT2D eigenvalue weighted by Crippen LogP contribution is -2.44. The van der Waals surface area contributed by atoms with Gasteiger partial charge in [0.2, 0.25) is 17.7 Å². The van der Waals surface area contributed by atoms with Gasteiger partial charge in [-0.25, -0.2) is 9.37 Å². The molecule has 1 atom stereocenters. The smallest absolute Gasteiger partial charge is 0.260 e. The number of primary amides is 1. The van der Waals surface area contributed by atoms with Crippen molar-refractivity contribution < 1.29 is 18.7 Å². The number of para-hydroxylation sites is 1. The number of rotatable bonds is 6. The third-order valence-electron chi connectivity index (χ3n) is 6.50. The van der Waals surface area contributed by atoms with E-state index in [9.17, 15) is 14.0 Å². The van der Waals surface area contributed by atoms with E-state index in [1.807, 2.05) is 23.1 Å². The van der Waals surface area contributed by atoms with Gasteiger partial charge in [-0.05, 0) is 48.6 Å². The van der Waals surface area contributed by atoms with E-state index in [1.165, 1.54) is 23.9 Å². The summed E-state index contributed by atoms with van der Waals surface area (Å²) in [4.78, 5) is 37.9. The molecule has 3 aromatic rings. The Morgan fingerprint density at radius 1 is 1.11 bits per heavy atom. The summed E-state index contributed by atoms with van der Waals surface area (Å²) in [5, 5.41) is 0. The molecule has 5 rings (SSSR count). The number of hydrogen-bond acceptors (Lipinski definition) is 6. The summed E-state index contributed by atoms with van der Waals surface area (Å²) in [6.45, 7) is 1.60. The number of anilines is 2. The van der Waals surface area contributed by atoms with Crippen molar-refractivity contribution in [3.8, 4) is 5.88 Å². The first-order valence-electron chi connectivity index (χ1n) is 11.7. The predicted molar refractivity (Wildman–Crippen MR) is 128 cm³/mol. The first kappa shape index (κ1) is 22.8. The first-order valence-corrected chi connectivity index (χ1v) is 11.7. The average Bonchev–Trinajstić information content (AvgIpc) is 3.32. The van der Waals surface area contributed by atoms with Crippen LogP contribution in [0.4, 0.5) is 16.0 Å². The van der Waals surface area contributed by atoms with E-state index >= 15 is 0 Å². The van der Waals surface area contributed by atoms with Crippen molar-refractivity contribution in [2.75, 3.05) is 24.5 Å². The normalized spacial score (nSPS) is 17.2. The van der Waals surface area contributed by atoms with E-state index in [2.05, 4.69) is 16.0 Å². The van der Waals surface area contributed by atoms with Crippen LogP contribution in [0.1, 0.15) is 34.3 Å². The van der Waals surface area contributed by atoms with E-state index in [4.69, 9.17) is 10.5 Å². The highest BCUT2D eigenvalue weighted by atomic mass is 19.1. The second-order valence-corrected chi connectivity index (χ2v) is 8.83. The third kappa shape index (κ3) is 4.80. The molecule has 2 aliphatic heterocycles. The number of carbonyl (C=O) groups excluding carboxylic acids is 2. The van der Waals surface area contributed by atoms with Crippen molar-refractivity contribution in [2.24, 2.45) is 11.7 Å². The Bertz CT molecular complexity index is 1250. The standard InChI is InChI=1S/C26H26FN5O3/c27-20-9-7-17(8-10-20)16-35-24-21(25(34)31-12-3-5-19(15-31)23(28)33)14-29-26(30-24)32-13-11-18-4-1-2-6-22(18)32/h1-2,4,6-10,14,19H,3,5,11-13,15-16H2,(H2,28,33). The summed E-state index contributed by atoms with van der Waals surface area (Å²) in [7, 11) is 0. The number of piperidine rings is 1. The molecule has 0 spiro atoms. The number of nitrogens with zero attached hydrogens (tertiary/aromatic N) is 4. The van der Waals surface area contributed by atoms with Gasteiger partial charge in [0, 0.05) is 31.5 Å². The molecular formula is C26H26FN5O3. The molecule has 2 N–H and O–H groups in total. The topological polar surface area (TPSA) is 102 Å². The molecule has 2 aliphatic rings. The van der Waals surface area contributed by atoms with E-state index in [-0.39, 0.29) is 42.2 Å². The van der Waals surface area contributed by atoms with Crippen LogP contribution >= 0.6 is 0 Å². The number of benzene rings is 2. The molecule has 8 nitrogen and oxygen atoms in total. The molecule has 1 fully saturated rings. The van der Waals surface area contributed by atoms with Gasteiger partial charge in [0.05, 0.1) is 5.92 Å². The molecule has 9 heteroatoms. The Morgan fingerprint density at radius 2 is 1.91 bits per heavy atom. The molecule has 1 saturated heterocycles. The maximum absolute atomic E-state index is 13.4. The van der Waals surface area contributed by atoms with Gasteiger partial charge in [-0.15, -0.1) is 0 Å². The summed E-state index contributed by atoms with van der Waals surface area (Å²) < 4.78 is 19.3. The molecule has 0 aliphatic carbocycles. The number of halogens is 1. The van der Waals surface area contributed by atoms with Gasteiger partial charge in [-0.3, -0.25) is 9.59 Å². The van der Waals surface area contributed by atoms with Gasteiger partial charge in [0.25, 0.3) is 5.91 Å². The Balaban J connectivity index is 1.45. The highest BCUT2D eigenvalue weighted by molar-refractivity contribution is 5.96. The molecule has 35 heavy (non-hydrogen) atoms. The lowest BCUT2D eigenvalue weighted by Gasteiger charge is -2.31. The SMILES string of the molecule is NC(=O)C1CCCN(C(=O)c2cnc(N3CCc4ccccc43)nc2OCc2ccc(F)cc2)C1. The highest BCUT2D eigenvalue weighted by Crippen LogP contribution is 2.34. The van der Waals surface area contributed by atoms with Gasteiger partial charge in [0.1, 0.15) is 18.0 Å². The Hall–Kier alpha value is -4.01. The zero-order valence-corrected chi connectivity index (χ0v) is 19.2. The number of aromatic nitrogens is 2. The molecular weight excluding hydrogens is 449 g/mol. The lowest BCUT2D eigenvalue weighted by atomic mass is 9.97. The number of likely N-dealkylation sites (tertiary alicyclic amines) is 1. The van der Waals surface area contributed by atoms with E-state index in [0.29, 0.717) is 25.3 Å². The van der Waals surface area contributed by atoms with Crippen LogP contribution in [-0.4, -0.2) is 46.3 Å². The largest absolute Gasteiger partial charge is 0.472 e. The Labute approximate surface area is 202 Å². The first-order chi connectivity index (χ1) is 17.0. The number of ether oxygens (including phenoxy) is 1. The number of fused-ring (bicyclic) bond motifs is 1. The van der Waals surface area contributed by atoms with Gasteiger partial charge in [-0.1, -0.05) is 30.3 Å². The maximum Gasteiger partial charge on any atom is 0.260 e. The fraction of sp³-hybridized carbons (Fsp3) is 0.308. The minimum absolute atomic E-state index is 0.109. The summed E-state index contributed by atoms with van der Waals surface area (Å²) in [5.41, 5.74) is 8.68. The molecule has 2 amide bonds. The monoisotopic (exact) mass is 475 g/mol. The number of carbonyl (C=O) groups is 2. The summed E-state index contributed by atoms with van der Waals surface area (Å²) in [6.07, 6.45) is 3.71. The molecule has 1 unspecified atom stereocenters. The summed E-state index contributed by atoms with van der Waals surface area (Å²) >= 11 is 0. The molecule has 2 aromatic carbocycles. The van der Waals surface area contributed by atoms with E-state index in [0.717, 1.165) is 24.2 Å². The van der Waals surface area contributed by atoms with Crippen molar-refractivity contribution >= 4 is 23.5 Å². The minimum atomic E-state index is -0.408. The van der Waals surface area contributed by atoms with Crippen LogP contribution in [0.3, 0.4) is 0 Å². The Kier molecular flexibility index (Phi) is 6.31. The van der Waals surface area contributed by atoms with Crippen LogP contribution < -0.4 is 15.4 Å². The number of amides is 2. The van der Waals surface area contributed by atoms with Crippen LogP contribution in [0, 0.1) is 11.7 Å². The van der Waals surface area contributed by atoms with Crippen LogP contribution in [0.15, 0.2) is 54.7 Å². The van der Waals surface area contributed by atoms with Gasteiger partial charge >= 0.3 is 0 Å². The van der Waals surface area contributed by atoms with Gasteiger partial charge in [0.15, 0.2) is 0 Å². The highest BCUT2D eigenvalue weighted by Gasteiger charge is 2.31. The molecule has 1 aromatic heterocycles. The minimum Gasteiger partial charge on any atom is -0.472 e. The molecule has 0 saturated carbocycles. The number of hydrogen-bond donors (Lipinski definition) is 1. The molecule has 0 radical (unpaired) electrons. The Morgan fingerprint density at radius 3 is 2.71 bits per heavy atom. The van der Waals surface area contributed by atoms with Gasteiger partial charge in [-0.2, -0.15) is 4.98 Å². The zero-order valence-electron chi connectivity index (χ0n) is 19.2. The predicted octanol–water partition coefficient (Wildman–Crippen LogP) is 3.23. The number of nitrogens with two attached hydrogens (primary N) is 1. The zero-order chi connectivity index (χ0) is 24.4. The van der Waals surface area contributed by atoms with Crippen molar-refractivity contribution in [1.82, 2.24) is 14.9 Å². The summed E-state index contributed by atoms with van der Waals surface area (Å²) in [5.74, 6) is -0.842. The van der Waals surface area contributed by atoms with Gasteiger partial charge < -0.3 is 20.3 Å². The lowest BCUT2D eigenvalue weighted by molar-refractivity contribution is -0.123. The third-order valence-corrected chi connectivity index (χ3v) is 6.50. The van der Waals surface area contributed by atoms with Crippen LogP contribution in [0.5, 0.6) is 5.88 Å². The molecule has 3 heterocycles. The second kappa shape index (κ2) is 9.69. The fourth-order valence-electron chi connectivity index (χ4n) is 4.59. The van der Waals surface area contributed by atoms with E-state index < -0.39 is 5.91 Å².